The molecule has 0 bridgehead atoms. The van der Waals surface area contributed by atoms with E-state index in [4.69, 9.17) is 4.74 Å². The molecule has 0 saturated heterocycles. The molecule has 29 heavy (non-hydrogen) atoms. The number of Topliss-reactive ketones (excluding diaryl/α,β-unsaturated/α-hetero) is 1. The molecule has 2 N–H and O–H groups in total. The summed E-state index contributed by atoms with van der Waals surface area (Å²) < 4.78 is 5.79. The highest BCUT2D eigenvalue weighted by Crippen LogP contribution is 2.24. The lowest BCUT2D eigenvalue weighted by Gasteiger charge is -2.09. The first kappa shape index (κ1) is 23.4. The van der Waals surface area contributed by atoms with Crippen LogP contribution in [0.4, 0.5) is 11.4 Å². The van der Waals surface area contributed by atoms with Gasteiger partial charge in [0, 0.05) is 29.5 Å². The number of rotatable bonds is 6. The highest BCUT2D eigenvalue weighted by atomic mass is 16.5. The minimum absolute atomic E-state index is 0. The van der Waals surface area contributed by atoms with E-state index in [1.165, 1.54) is 6.92 Å². The van der Waals surface area contributed by atoms with E-state index < -0.39 is 0 Å². The summed E-state index contributed by atoms with van der Waals surface area (Å²) in [5, 5.41) is 5.88. The van der Waals surface area contributed by atoms with Gasteiger partial charge in [0.2, 0.25) is 0 Å². The van der Waals surface area contributed by atoms with Crippen LogP contribution in [-0.2, 0) is 0 Å². The zero-order valence-corrected chi connectivity index (χ0v) is 15.2. The largest absolute Gasteiger partial charge is 0.457 e. The van der Waals surface area contributed by atoms with Crippen LogP contribution in [0.1, 0.15) is 42.5 Å². The highest BCUT2D eigenvalue weighted by molar-refractivity contribution is 6.05. The van der Waals surface area contributed by atoms with Crippen molar-refractivity contribution in [3.63, 3.8) is 0 Å². The highest BCUT2D eigenvalue weighted by Gasteiger charge is 2.07. The number of anilines is 2. The van der Waals surface area contributed by atoms with Crippen LogP contribution < -0.4 is 15.4 Å². The van der Waals surface area contributed by atoms with Crippen LogP contribution in [0.5, 0.6) is 11.5 Å². The Morgan fingerprint density at radius 3 is 1.59 bits per heavy atom. The number of amides is 1. The predicted molar refractivity (Wildman–Crippen MR) is 120 cm³/mol. The molecule has 3 rings (SSSR count). The Kier molecular flexibility index (Phi) is 8.62. The molecule has 5 nitrogen and oxygen atoms in total. The number of hydrogen-bond acceptors (Lipinski definition) is 4. The molecule has 1 amide bonds. The third-order valence-corrected chi connectivity index (χ3v) is 4.04. The van der Waals surface area contributed by atoms with Gasteiger partial charge in [-0.1, -0.05) is 27.0 Å². The van der Waals surface area contributed by atoms with Crippen molar-refractivity contribution in [3.8, 4) is 11.5 Å². The van der Waals surface area contributed by atoms with Crippen molar-refractivity contribution >= 4 is 23.1 Å². The molecule has 0 aliphatic carbocycles. The van der Waals surface area contributed by atoms with Gasteiger partial charge >= 0.3 is 0 Å². The summed E-state index contributed by atoms with van der Waals surface area (Å²) in [6.07, 6.45) is 0. The topological polar surface area (TPSA) is 67.4 Å². The first-order chi connectivity index (χ1) is 13.0. The second-order valence-corrected chi connectivity index (χ2v) is 5.99. The summed E-state index contributed by atoms with van der Waals surface area (Å²) in [4.78, 5) is 23.6. The summed E-state index contributed by atoms with van der Waals surface area (Å²) in [6.45, 7) is 1.49. The van der Waals surface area contributed by atoms with Gasteiger partial charge in [0.1, 0.15) is 11.5 Å². The normalized spacial score (nSPS) is 9.45. The Hall–Kier alpha value is -3.60. The summed E-state index contributed by atoms with van der Waals surface area (Å²) in [5.41, 5.74) is 2.74. The van der Waals surface area contributed by atoms with Crippen molar-refractivity contribution in [1.29, 1.82) is 0 Å². The van der Waals surface area contributed by atoms with Crippen LogP contribution in [0, 0.1) is 0 Å². The molecule has 152 valence electrons. The average molecular weight is 392 g/mol. The van der Waals surface area contributed by atoms with Crippen molar-refractivity contribution in [2.24, 2.45) is 0 Å². The van der Waals surface area contributed by atoms with Crippen LogP contribution in [-0.4, -0.2) is 18.7 Å². The van der Waals surface area contributed by atoms with Crippen molar-refractivity contribution in [2.75, 3.05) is 17.7 Å². The Labute approximate surface area is 172 Å². The Morgan fingerprint density at radius 2 is 1.14 bits per heavy atom. The molecule has 0 fully saturated rings. The average Bonchev–Trinajstić information content (AvgIpc) is 2.70. The van der Waals surface area contributed by atoms with Gasteiger partial charge < -0.3 is 15.4 Å². The molecule has 0 spiro atoms. The third kappa shape index (κ3) is 6.21. The van der Waals surface area contributed by atoms with Gasteiger partial charge in [-0.15, -0.1) is 0 Å². The maximum Gasteiger partial charge on any atom is 0.255 e. The first-order valence-corrected chi connectivity index (χ1v) is 8.53. The second kappa shape index (κ2) is 10.7. The molecule has 0 unspecified atom stereocenters. The molecule has 3 aromatic carbocycles. The van der Waals surface area contributed by atoms with E-state index in [-0.39, 0.29) is 26.5 Å². The third-order valence-electron chi connectivity index (χ3n) is 4.04. The summed E-state index contributed by atoms with van der Waals surface area (Å²) in [7, 11) is 1.86. The summed E-state index contributed by atoms with van der Waals surface area (Å²) in [6, 6.07) is 21.3. The lowest BCUT2D eigenvalue weighted by atomic mass is 10.1. The van der Waals surface area contributed by atoms with E-state index in [1.807, 2.05) is 31.3 Å². The standard InChI is InChI=1S/C22H20N2O3.2CH4/c1-15(25)16-3-5-17(6-4-16)22(26)24-19-9-13-21(14-10-19)27-20-11-7-18(23-2)8-12-20;;/h3-14,23H,1-2H3,(H,24,26);2*1H4. The SMILES string of the molecule is C.C.CNc1ccc(Oc2ccc(NC(=O)c3ccc(C(C)=O)cc3)cc2)cc1. The molecule has 0 heterocycles. The lowest BCUT2D eigenvalue weighted by Crippen LogP contribution is -2.11. The number of carbonyl (C=O) groups excluding carboxylic acids is 2. The Morgan fingerprint density at radius 1 is 0.690 bits per heavy atom. The molecule has 5 heteroatoms. The van der Waals surface area contributed by atoms with Crippen LogP contribution in [0.25, 0.3) is 0 Å². The fraction of sp³-hybridized carbons (Fsp3) is 0.167. The molecule has 0 atom stereocenters. The van der Waals surface area contributed by atoms with E-state index in [0.717, 1.165) is 11.4 Å². The van der Waals surface area contributed by atoms with Crippen molar-refractivity contribution < 1.29 is 14.3 Å². The van der Waals surface area contributed by atoms with E-state index in [1.54, 1.807) is 48.5 Å². The number of benzene rings is 3. The van der Waals surface area contributed by atoms with Gasteiger partial charge in [-0.3, -0.25) is 9.59 Å². The number of hydrogen-bond donors (Lipinski definition) is 2. The molecular formula is C24H28N2O3. The van der Waals surface area contributed by atoms with E-state index in [9.17, 15) is 9.59 Å². The minimum atomic E-state index is -0.235. The van der Waals surface area contributed by atoms with E-state index >= 15 is 0 Å². The Balaban J connectivity index is 0.00000210. The number of ketones is 1. The molecule has 0 aliphatic heterocycles. The van der Waals surface area contributed by atoms with E-state index in [0.29, 0.717) is 22.6 Å². The zero-order chi connectivity index (χ0) is 19.2. The van der Waals surface area contributed by atoms with Gasteiger partial charge in [-0.25, -0.2) is 0 Å². The first-order valence-electron chi connectivity index (χ1n) is 8.53. The van der Waals surface area contributed by atoms with Gasteiger partial charge in [-0.05, 0) is 67.6 Å². The fourth-order valence-electron chi connectivity index (χ4n) is 2.49. The van der Waals surface area contributed by atoms with Gasteiger partial charge in [0.25, 0.3) is 5.91 Å². The fourth-order valence-corrected chi connectivity index (χ4v) is 2.49. The van der Waals surface area contributed by atoms with Crippen LogP contribution >= 0.6 is 0 Å². The van der Waals surface area contributed by atoms with Crippen molar-refractivity contribution in [3.05, 3.63) is 83.9 Å². The van der Waals surface area contributed by atoms with Crippen LogP contribution in [0.15, 0.2) is 72.8 Å². The van der Waals surface area contributed by atoms with E-state index in [2.05, 4.69) is 10.6 Å². The number of carbonyl (C=O) groups is 2. The van der Waals surface area contributed by atoms with Crippen molar-refractivity contribution in [2.45, 2.75) is 21.8 Å². The Bertz CT molecular complexity index is 931. The van der Waals surface area contributed by atoms with Gasteiger partial charge in [0.05, 0.1) is 0 Å². The van der Waals surface area contributed by atoms with Crippen LogP contribution in [0.3, 0.4) is 0 Å². The quantitative estimate of drug-likeness (QED) is 0.487. The monoisotopic (exact) mass is 392 g/mol. The molecule has 3 aromatic rings. The smallest absolute Gasteiger partial charge is 0.255 e. The summed E-state index contributed by atoms with van der Waals surface area (Å²) in [5.74, 6) is 1.15. The number of nitrogens with one attached hydrogen (secondary N) is 2. The molecule has 0 saturated carbocycles. The van der Waals surface area contributed by atoms with Gasteiger partial charge in [-0.2, -0.15) is 0 Å². The predicted octanol–water partition coefficient (Wildman–Crippen LogP) is 6.25. The minimum Gasteiger partial charge on any atom is -0.457 e. The van der Waals surface area contributed by atoms with Gasteiger partial charge in [0.15, 0.2) is 5.78 Å². The summed E-state index contributed by atoms with van der Waals surface area (Å²) >= 11 is 0. The lowest BCUT2D eigenvalue weighted by molar-refractivity contribution is 0.101. The zero-order valence-electron chi connectivity index (χ0n) is 15.2. The maximum absolute atomic E-state index is 12.3. The number of ether oxygens (including phenoxy) is 1. The molecular weight excluding hydrogens is 364 g/mol. The second-order valence-electron chi connectivity index (χ2n) is 5.99. The molecule has 0 aliphatic rings. The van der Waals surface area contributed by atoms with Crippen LogP contribution in [0.2, 0.25) is 0 Å². The molecule has 0 aromatic heterocycles. The maximum atomic E-state index is 12.3. The molecule has 0 radical (unpaired) electrons. The van der Waals surface area contributed by atoms with Crippen molar-refractivity contribution in [1.82, 2.24) is 0 Å².